The van der Waals surface area contributed by atoms with Crippen molar-refractivity contribution in [3.8, 4) is 0 Å². The van der Waals surface area contributed by atoms with E-state index in [2.05, 4.69) is 6.58 Å². The molecule has 2 aromatic carbocycles. The number of hydrogen-bond donors (Lipinski definition) is 0. The lowest BCUT2D eigenvalue weighted by atomic mass is 9.99. The molecule has 2 nitrogen and oxygen atoms in total. The number of carbonyl (C=O) groups excluding carboxylic acids is 1. The minimum atomic E-state index is -1.03. The van der Waals surface area contributed by atoms with Crippen molar-refractivity contribution >= 4 is 28.5 Å². The van der Waals surface area contributed by atoms with E-state index in [4.69, 9.17) is 0 Å². The van der Waals surface area contributed by atoms with Crippen molar-refractivity contribution in [3.63, 3.8) is 0 Å². The molecule has 0 bridgehead atoms. The molecular weight excluding hydrogens is 411 g/mol. The molecule has 0 fully saturated rings. The monoisotopic (exact) mass is 427 g/mol. The van der Waals surface area contributed by atoms with Crippen LogP contribution in [-0.4, -0.2) is 17.9 Å². The van der Waals surface area contributed by atoms with Crippen molar-refractivity contribution < 1.29 is 13.6 Å². The Labute approximate surface area is 148 Å². The molecule has 0 saturated carbocycles. The first-order valence-corrected chi connectivity index (χ1v) is 8.03. The van der Waals surface area contributed by atoms with Crippen LogP contribution >= 0.6 is 22.6 Å². The first kappa shape index (κ1) is 17.6. The predicted molar refractivity (Wildman–Crippen MR) is 95.2 cm³/mol. The second-order valence-corrected chi connectivity index (χ2v) is 6.48. The van der Waals surface area contributed by atoms with Gasteiger partial charge in [-0.1, -0.05) is 42.5 Å². The standard InChI is InChI=1S/C18H16F2INO/c1-11(2)17(12-7-5-4-6-8-12)22(3)18(23)13-9-14(19)15(20)10-16(13)21/h4-10,17H,1H2,2-3H3/t17-/m0/s1. The molecule has 2 rings (SSSR count). The SMILES string of the molecule is C=C(C)[C@@H](c1ccccc1)N(C)C(=O)c1cc(F)c(F)cc1I. The highest BCUT2D eigenvalue weighted by molar-refractivity contribution is 14.1. The molecule has 0 radical (unpaired) electrons. The quantitative estimate of drug-likeness (QED) is 0.384. The highest BCUT2D eigenvalue weighted by atomic mass is 127. The van der Waals surface area contributed by atoms with Crippen LogP contribution in [0.15, 0.2) is 54.6 Å². The summed E-state index contributed by atoms with van der Waals surface area (Å²) >= 11 is 1.83. The van der Waals surface area contributed by atoms with E-state index in [1.807, 2.05) is 59.8 Å². The van der Waals surface area contributed by atoms with Crippen molar-refractivity contribution in [1.82, 2.24) is 4.90 Å². The molecule has 0 spiro atoms. The maximum absolute atomic E-state index is 13.5. The molecule has 5 heteroatoms. The average molecular weight is 427 g/mol. The first-order chi connectivity index (χ1) is 10.8. The third-order valence-electron chi connectivity index (χ3n) is 3.53. The van der Waals surface area contributed by atoms with Crippen molar-refractivity contribution in [2.45, 2.75) is 13.0 Å². The highest BCUT2D eigenvalue weighted by Gasteiger charge is 2.25. The zero-order valence-electron chi connectivity index (χ0n) is 12.8. The molecule has 0 unspecified atom stereocenters. The summed E-state index contributed by atoms with van der Waals surface area (Å²) in [6, 6.07) is 11.1. The van der Waals surface area contributed by atoms with Crippen LogP contribution in [0, 0.1) is 15.2 Å². The normalized spacial score (nSPS) is 11.9. The number of likely N-dealkylation sites (N-methyl/N-ethyl adjacent to an activating group) is 1. The Balaban J connectivity index is 2.41. The number of rotatable bonds is 4. The van der Waals surface area contributed by atoms with Crippen molar-refractivity contribution in [3.05, 3.63) is 80.9 Å². The van der Waals surface area contributed by atoms with Crippen molar-refractivity contribution in [1.29, 1.82) is 0 Å². The summed E-state index contributed by atoms with van der Waals surface area (Å²) in [6.45, 7) is 5.78. The van der Waals surface area contributed by atoms with Crippen LogP contribution in [0.4, 0.5) is 8.78 Å². The van der Waals surface area contributed by atoms with Gasteiger partial charge < -0.3 is 4.90 Å². The summed E-state index contributed by atoms with van der Waals surface area (Å²) in [4.78, 5) is 14.2. The number of hydrogen-bond acceptors (Lipinski definition) is 1. The summed E-state index contributed by atoms with van der Waals surface area (Å²) in [7, 11) is 1.63. The molecule has 0 saturated heterocycles. The summed E-state index contributed by atoms with van der Waals surface area (Å²) in [5, 5.41) is 0. The molecule has 0 aromatic heterocycles. The van der Waals surface area contributed by atoms with Crippen LogP contribution in [-0.2, 0) is 0 Å². The van der Waals surface area contributed by atoms with Gasteiger partial charge in [0.05, 0.1) is 11.6 Å². The van der Waals surface area contributed by atoms with E-state index >= 15 is 0 Å². The zero-order valence-corrected chi connectivity index (χ0v) is 15.0. The third-order valence-corrected chi connectivity index (χ3v) is 4.42. The van der Waals surface area contributed by atoms with Crippen LogP contribution < -0.4 is 0 Å². The van der Waals surface area contributed by atoms with Crippen LogP contribution in [0.2, 0.25) is 0 Å². The van der Waals surface area contributed by atoms with E-state index in [1.54, 1.807) is 7.05 Å². The van der Waals surface area contributed by atoms with Gasteiger partial charge in [0.25, 0.3) is 5.91 Å². The average Bonchev–Trinajstić information content (AvgIpc) is 2.51. The highest BCUT2D eigenvalue weighted by Crippen LogP contribution is 2.28. The Bertz CT molecular complexity index is 746. The van der Waals surface area contributed by atoms with E-state index in [1.165, 1.54) is 4.90 Å². The third kappa shape index (κ3) is 3.77. The number of benzene rings is 2. The zero-order chi connectivity index (χ0) is 17.1. The molecule has 1 atom stereocenters. The van der Waals surface area contributed by atoms with Gasteiger partial charge in [-0.25, -0.2) is 8.78 Å². The van der Waals surface area contributed by atoms with Gasteiger partial charge in [0.15, 0.2) is 11.6 Å². The van der Waals surface area contributed by atoms with E-state index in [0.29, 0.717) is 3.57 Å². The first-order valence-electron chi connectivity index (χ1n) is 6.95. The van der Waals surface area contributed by atoms with Crippen LogP contribution in [0.25, 0.3) is 0 Å². The maximum Gasteiger partial charge on any atom is 0.255 e. The fourth-order valence-corrected chi connectivity index (χ4v) is 3.13. The molecule has 120 valence electrons. The van der Waals surface area contributed by atoms with Crippen LogP contribution in [0.5, 0.6) is 0 Å². The molecule has 2 aromatic rings. The Morgan fingerprint density at radius 3 is 2.30 bits per heavy atom. The summed E-state index contributed by atoms with van der Waals surface area (Å²) in [5.41, 5.74) is 1.83. The Morgan fingerprint density at radius 2 is 1.74 bits per heavy atom. The molecule has 1 amide bonds. The predicted octanol–water partition coefficient (Wildman–Crippen LogP) is 4.96. The smallest absolute Gasteiger partial charge is 0.255 e. The van der Waals surface area contributed by atoms with Crippen molar-refractivity contribution in [2.75, 3.05) is 7.05 Å². The van der Waals surface area contributed by atoms with Gasteiger partial charge in [-0.05, 0) is 47.2 Å². The van der Waals surface area contributed by atoms with Gasteiger partial charge in [-0.15, -0.1) is 0 Å². The molecule has 0 N–H and O–H groups in total. The molecule has 0 aliphatic rings. The number of halogens is 3. The molecule has 0 aliphatic carbocycles. The van der Waals surface area contributed by atoms with Gasteiger partial charge in [-0.2, -0.15) is 0 Å². The summed E-state index contributed by atoms with van der Waals surface area (Å²) < 4.78 is 27.1. The summed E-state index contributed by atoms with van der Waals surface area (Å²) in [5.74, 6) is -2.38. The van der Waals surface area contributed by atoms with Gasteiger partial charge >= 0.3 is 0 Å². The topological polar surface area (TPSA) is 20.3 Å². The lowest BCUT2D eigenvalue weighted by molar-refractivity contribution is 0.0751. The van der Waals surface area contributed by atoms with Gasteiger partial charge in [-0.3, -0.25) is 4.79 Å². The fourth-order valence-electron chi connectivity index (χ4n) is 2.47. The van der Waals surface area contributed by atoms with Crippen molar-refractivity contribution in [2.24, 2.45) is 0 Å². The Kier molecular flexibility index (Phi) is 5.51. The largest absolute Gasteiger partial charge is 0.331 e. The fraction of sp³-hybridized carbons (Fsp3) is 0.167. The van der Waals surface area contributed by atoms with Gasteiger partial charge in [0, 0.05) is 10.6 Å². The van der Waals surface area contributed by atoms with Gasteiger partial charge in [0.1, 0.15) is 0 Å². The van der Waals surface area contributed by atoms with E-state index in [-0.39, 0.29) is 17.5 Å². The molecular formula is C18H16F2INO. The van der Waals surface area contributed by atoms with Crippen LogP contribution in [0.3, 0.4) is 0 Å². The van der Waals surface area contributed by atoms with E-state index < -0.39 is 11.6 Å². The minimum absolute atomic E-state index is 0.134. The van der Waals surface area contributed by atoms with Gasteiger partial charge in [0.2, 0.25) is 0 Å². The second-order valence-electron chi connectivity index (χ2n) is 5.32. The van der Waals surface area contributed by atoms with E-state index in [0.717, 1.165) is 23.3 Å². The van der Waals surface area contributed by atoms with Crippen LogP contribution in [0.1, 0.15) is 28.9 Å². The molecule has 0 aliphatic heterocycles. The Hall–Kier alpha value is -1.76. The number of carbonyl (C=O) groups is 1. The lowest BCUT2D eigenvalue weighted by Gasteiger charge is -2.29. The number of nitrogens with zero attached hydrogens (tertiary/aromatic N) is 1. The summed E-state index contributed by atoms with van der Waals surface area (Å²) in [6.07, 6.45) is 0. The lowest BCUT2D eigenvalue weighted by Crippen LogP contribution is -2.32. The Morgan fingerprint density at radius 1 is 1.17 bits per heavy atom. The van der Waals surface area contributed by atoms with E-state index in [9.17, 15) is 13.6 Å². The molecule has 0 heterocycles. The molecule has 23 heavy (non-hydrogen) atoms. The minimum Gasteiger partial charge on any atom is -0.331 e. The maximum atomic E-state index is 13.5. The number of amides is 1. The second kappa shape index (κ2) is 7.21.